The van der Waals surface area contributed by atoms with Gasteiger partial charge in [-0.05, 0) is 73.3 Å². The molecular formula is C49H80N10O12S. The second-order valence-corrected chi connectivity index (χ2v) is 20.5. The van der Waals surface area contributed by atoms with Gasteiger partial charge in [0.1, 0.15) is 48.3 Å². The number of aliphatic carboxylic acids is 1. The third-order valence-electron chi connectivity index (χ3n) is 12.5. The molecule has 22 nitrogen and oxygen atoms in total. The molecule has 10 atom stereocenters. The van der Waals surface area contributed by atoms with Gasteiger partial charge in [-0.2, -0.15) is 11.8 Å². The van der Waals surface area contributed by atoms with Crippen molar-refractivity contribution < 1.29 is 58.2 Å². The van der Waals surface area contributed by atoms with Crippen LogP contribution < -0.4 is 48.7 Å². The van der Waals surface area contributed by atoms with E-state index in [-0.39, 0.29) is 56.9 Å². The number of amides is 9. The van der Waals surface area contributed by atoms with Crippen LogP contribution in [0.15, 0.2) is 30.3 Å². The summed E-state index contributed by atoms with van der Waals surface area (Å²) in [4.78, 5) is 136. The predicted molar refractivity (Wildman–Crippen MR) is 271 cm³/mol. The molecule has 0 aliphatic carbocycles. The first kappa shape index (κ1) is 62.3. The number of nitrogens with one attached hydrogen (secondary N) is 7. The SMILES string of the molecule is CC[C@H](C)[C@H](N)C(=O)N[C@@H](CC(C)C)C(=O)N[C@@H](CCSC)C(=O)N[C@@H](CCC(N)=O)C(=O)N[C@H](C(=O)N1CCC[C@H]1C(=O)N[C@@H](Cc1ccccc1)C(=O)N[C@@H](CO)C(=O)N[C@H](C(=O)O)C(C)C)C(C)C. The Morgan fingerprint density at radius 1 is 0.694 bits per heavy atom. The molecule has 1 aromatic carbocycles. The van der Waals surface area contributed by atoms with E-state index in [9.17, 15) is 58.2 Å². The van der Waals surface area contributed by atoms with Crippen LogP contribution in [0.25, 0.3) is 0 Å². The zero-order valence-corrected chi connectivity index (χ0v) is 44.0. The van der Waals surface area contributed by atoms with Gasteiger partial charge in [0.25, 0.3) is 0 Å². The number of rotatable bonds is 31. The summed E-state index contributed by atoms with van der Waals surface area (Å²) in [6.45, 7) is 13.1. The highest BCUT2D eigenvalue weighted by atomic mass is 32.2. The van der Waals surface area contributed by atoms with Gasteiger partial charge >= 0.3 is 5.97 Å². The number of likely N-dealkylation sites (tertiary alicyclic amines) is 1. The van der Waals surface area contributed by atoms with Gasteiger partial charge in [0.2, 0.25) is 53.2 Å². The number of nitrogens with zero attached hydrogens (tertiary/aromatic N) is 1. The number of nitrogens with two attached hydrogens (primary N) is 2. The number of aliphatic hydroxyl groups is 1. The molecule has 0 radical (unpaired) electrons. The molecule has 1 saturated heterocycles. The molecule has 0 saturated carbocycles. The lowest BCUT2D eigenvalue weighted by Crippen LogP contribution is -2.61. The Labute approximate surface area is 427 Å². The molecule has 13 N–H and O–H groups in total. The molecule has 72 heavy (non-hydrogen) atoms. The molecule has 1 aliphatic heterocycles. The van der Waals surface area contributed by atoms with Crippen molar-refractivity contribution in [3.8, 4) is 0 Å². The van der Waals surface area contributed by atoms with E-state index in [2.05, 4.69) is 37.2 Å². The number of carbonyl (C=O) groups excluding carboxylic acids is 9. The van der Waals surface area contributed by atoms with Crippen molar-refractivity contribution in [3.05, 3.63) is 35.9 Å². The molecule has 1 fully saturated rings. The first-order valence-corrected chi connectivity index (χ1v) is 26.1. The fraction of sp³-hybridized carbons (Fsp3) is 0.673. The molecule has 0 bridgehead atoms. The van der Waals surface area contributed by atoms with Gasteiger partial charge in [0.05, 0.1) is 12.6 Å². The first-order chi connectivity index (χ1) is 33.9. The van der Waals surface area contributed by atoms with Gasteiger partial charge in [-0.3, -0.25) is 43.2 Å². The molecule has 1 aromatic rings. The van der Waals surface area contributed by atoms with Crippen molar-refractivity contribution in [2.24, 2.45) is 35.1 Å². The zero-order valence-electron chi connectivity index (χ0n) is 43.2. The molecule has 404 valence electrons. The summed E-state index contributed by atoms with van der Waals surface area (Å²) in [6, 6.07) is -2.53. The van der Waals surface area contributed by atoms with E-state index in [0.717, 1.165) is 0 Å². The largest absolute Gasteiger partial charge is 0.480 e. The van der Waals surface area contributed by atoms with Crippen LogP contribution in [0.5, 0.6) is 0 Å². The number of benzene rings is 1. The molecule has 0 spiro atoms. The molecule has 9 amide bonds. The van der Waals surface area contributed by atoms with E-state index in [1.165, 1.54) is 16.7 Å². The molecule has 2 rings (SSSR count). The standard InChI is InChI=1S/C49H80N10O12S/c1-10-29(8)38(51)47(68)55-33(23-26(2)3)43(64)53-32(20-22-72-9)41(62)52-31(18-19-37(50)61)42(63)57-39(27(4)5)48(69)59-21-14-17-36(59)46(67)54-34(24-30-15-12-11-13-16-30)44(65)56-35(25-60)45(66)58-40(28(6)7)49(70)71/h11-13,15-16,26-29,31-36,38-40,60H,10,14,17-25,51H2,1-9H3,(H2,50,61)(H,52,62)(H,53,64)(H,54,67)(H,55,68)(H,56,65)(H,57,63)(H,58,66)(H,70,71)/t29-,31-,32-,33-,34-,35-,36-,38-,39-,40-/m0/s1. The fourth-order valence-corrected chi connectivity index (χ4v) is 8.37. The quantitative estimate of drug-likeness (QED) is 0.0445. The van der Waals surface area contributed by atoms with Crippen LogP contribution in [-0.4, -0.2) is 154 Å². The Morgan fingerprint density at radius 3 is 1.74 bits per heavy atom. The van der Waals surface area contributed by atoms with E-state index in [1.807, 2.05) is 27.7 Å². The number of carbonyl (C=O) groups is 10. The number of hydrogen-bond donors (Lipinski definition) is 11. The summed E-state index contributed by atoms with van der Waals surface area (Å²) in [5, 5.41) is 37.9. The number of carboxylic acid groups (broad SMARTS) is 1. The second kappa shape index (κ2) is 30.9. The van der Waals surface area contributed by atoms with Crippen LogP contribution in [0, 0.1) is 23.7 Å². The van der Waals surface area contributed by atoms with Crippen molar-refractivity contribution in [2.45, 2.75) is 161 Å². The Bertz CT molecular complexity index is 2010. The highest BCUT2D eigenvalue weighted by molar-refractivity contribution is 7.98. The average Bonchev–Trinajstić information content (AvgIpc) is 3.83. The normalized spacial score (nSPS) is 17.2. The first-order valence-electron chi connectivity index (χ1n) is 24.7. The highest BCUT2D eigenvalue weighted by Gasteiger charge is 2.41. The smallest absolute Gasteiger partial charge is 0.326 e. The van der Waals surface area contributed by atoms with Crippen LogP contribution in [0.4, 0.5) is 0 Å². The lowest BCUT2D eigenvalue weighted by Gasteiger charge is -2.32. The van der Waals surface area contributed by atoms with Crippen LogP contribution in [0.3, 0.4) is 0 Å². The fourth-order valence-electron chi connectivity index (χ4n) is 7.90. The van der Waals surface area contributed by atoms with E-state index < -0.39 is 132 Å². The van der Waals surface area contributed by atoms with Gasteiger partial charge in [0, 0.05) is 19.4 Å². The summed E-state index contributed by atoms with van der Waals surface area (Å²) in [5.41, 5.74) is 12.2. The van der Waals surface area contributed by atoms with Crippen LogP contribution in [0.2, 0.25) is 0 Å². The molecule has 0 aromatic heterocycles. The highest BCUT2D eigenvalue weighted by Crippen LogP contribution is 2.22. The Morgan fingerprint density at radius 2 is 1.21 bits per heavy atom. The van der Waals surface area contributed by atoms with E-state index in [0.29, 0.717) is 24.2 Å². The average molecular weight is 1030 g/mol. The zero-order chi connectivity index (χ0) is 54.4. The molecule has 1 heterocycles. The van der Waals surface area contributed by atoms with Crippen molar-refractivity contribution in [3.63, 3.8) is 0 Å². The van der Waals surface area contributed by atoms with Crippen molar-refractivity contribution in [1.82, 2.24) is 42.1 Å². The molecule has 1 aliphatic rings. The summed E-state index contributed by atoms with van der Waals surface area (Å²) in [7, 11) is 0. The maximum atomic E-state index is 14.5. The van der Waals surface area contributed by atoms with E-state index in [4.69, 9.17) is 11.5 Å². The maximum Gasteiger partial charge on any atom is 0.326 e. The van der Waals surface area contributed by atoms with E-state index in [1.54, 1.807) is 64.3 Å². The Hall–Kier alpha value is -5.81. The van der Waals surface area contributed by atoms with Crippen molar-refractivity contribution >= 4 is 70.9 Å². The lowest BCUT2D eigenvalue weighted by atomic mass is 9.97. The van der Waals surface area contributed by atoms with E-state index >= 15 is 0 Å². The van der Waals surface area contributed by atoms with Gasteiger partial charge in [-0.25, -0.2) is 4.79 Å². The molecule has 23 heteroatoms. The summed E-state index contributed by atoms with van der Waals surface area (Å²) < 4.78 is 0. The summed E-state index contributed by atoms with van der Waals surface area (Å²) in [6.07, 6.45) is 2.67. The number of carboxylic acids is 1. The number of thioether (sulfide) groups is 1. The number of hydrogen-bond acceptors (Lipinski definition) is 13. The van der Waals surface area contributed by atoms with Crippen molar-refractivity contribution in [1.29, 1.82) is 0 Å². The minimum atomic E-state index is -1.58. The topological polar surface area (TPSA) is 351 Å². The van der Waals surface area contributed by atoms with Crippen LogP contribution >= 0.6 is 11.8 Å². The summed E-state index contributed by atoms with van der Waals surface area (Å²) in [5.74, 6) is -8.94. The minimum absolute atomic E-state index is 0.0370. The maximum absolute atomic E-state index is 14.5. The third-order valence-corrected chi connectivity index (χ3v) is 13.1. The number of primary amides is 1. The Balaban J connectivity index is 2.38. The molecular weight excluding hydrogens is 953 g/mol. The van der Waals surface area contributed by atoms with Crippen molar-refractivity contribution in [2.75, 3.05) is 25.2 Å². The van der Waals surface area contributed by atoms with Crippen LogP contribution in [0.1, 0.15) is 106 Å². The third kappa shape index (κ3) is 20.0. The minimum Gasteiger partial charge on any atom is -0.480 e. The number of aliphatic hydroxyl groups excluding tert-OH is 1. The van der Waals surface area contributed by atoms with Gasteiger partial charge in [0.15, 0.2) is 0 Å². The van der Waals surface area contributed by atoms with Gasteiger partial charge in [-0.15, -0.1) is 0 Å². The van der Waals surface area contributed by atoms with Gasteiger partial charge < -0.3 is 63.8 Å². The molecule has 0 unspecified atom stereocenters. The second-order valence-electron chi connectivity index (χ2n) is 19.5. The Kier molecular flexibility index (Phi) is 26.8. The monoisotopic (exact) mass is 1030 g/mol. The summed E-state index contributed by atoms with van der Waals surface area (Å²) >= 11 is 1.41. The van der Waals surface area contributed by atoms with Gasteiger partial charge in [-0.1, -0.05) is 92.1 Å². The lowest BCUT2D eigenvalue weighted by molar-refractivity contribution is -0.144. The predicted octanol–water partition coefficient (Wildman–Crippen LogP) is -0.559. The van der Waals surface area contributed by atoms with Crippen LogP contribution in [-0.2, 0) is 54.4 Å².